The third kappa shape index (κ3) is 1.40. The van der Waals surface area contributed by atoms with E-state index in [0.717, 1.165) is 16.5 Å². The molecule has 0 aliphatic rings. The molecular weight excluding hydrogens is 202 g/mol. The van der Waals surface area contributed by atoms with E-state index < -0.39 is 11.4 Å². The van der Waals surface area contributed by atoms with Gasteiger partial charge in [-0.2, -0.15) is 0 Å². The van der Waals surface area contributed by atoms with Gasteiger partial charge in [0, 0.05) is 17.1 Å². The van der Waals surface area contributed by atoms with Crippen molar-refractivity contribution in [2.24, 2.45) is 0 Å². The maximum Gasteiger partial charge on any atom is 0.313 e. The normalized spacial score (nSPS) is 14.9. The minimum Gasteiger partial charge on any atom is -0.481 e. The second-order valence-electron chi connectivity index (χ2n) is 4.24. The van der Waals surface area contributed by atoms with Crippen molar-refractivity contribution in [1.82, 2.24) is 4.98 Å². The second kappa shape index (κ2) is 3.67. The van der Waals surface area contributed by atoms with Crippen LogP contribution < -0.4 is 0 Å². The number of fused-ring (bicyclic) bond motifs is 1. The zero-order valence-corrected chi connectivity index (χ0v) is 9.45. The molecule has 1 aromatic carbocycles. The maximum absolute atomic E-state index is 11.4. The number of hydrogen-bond acceptors (Lipinski definition) is 1. The minimum absolute atomic E-state index is 0.574. The topological polar surface area (TPSA) is 53.1 Å². The molecule has 0 aliphatic carbocycles. The average molecular weight is 217 g/mol. The van der Waals surface area contributed by atoms with Crippen molar-refractivity contribution < 1.29 is 9.90 Å². The van der Waals surface area contributed by atoms with E-state index in [1.54, 1.807) is 6.92 Å². The second-order valence-corrected chi connectivity index (χ2v) is 4.24. The number of carboxylic acids is 1. The summed E-state index contributed by atoms with van der Waals surface area (Å²) in [6, 6.07) is 7.78. The fourth-order valence-corrected chi connectivity index (χ4v) is 1.98. The van der Waals surface area contributed by atoms with Crippen LogP contribution in [0.2, 0.25) is 0 Å². The van der Waals surface area contributed by atoms with Crippen LogP contribution in [0.25, 0.3) is 10.9 Å². The van der Waals surface area contributed by atoms with E-state index in [1.807, 2.05) is 37.4 Å². The molecule has 3 heteroatoms. The van der Waals surface area contributed by atoms with Gasteiger partial charge in [0.1, 0.15) is 0 Å². The van der Waals surface area contributed by atoms with E-state index in [2.05, 4.69) is 4.98 Å². The van der Waals surface area contributed by atoms with Crippen molar-refractivity contribution >= 4 is 16.9 Å². The van der Waals surface area contributed by atoms with Gasteiger partial charge in [-0.15, -0.1) is 0 Å². The lowest BCUT2D eigenvalue weighted by Crippen LogP contribution is -2.31. The number of carbonyl (C=O) groups is 1. The maximum atomic E-state index is 11.4. The van der Waals surface area contributed by atoms with E-state index in [9.17, 15) is 9.90 Å². The van der Waals surface area contributed by atoms with Crippen molar-refractivity contribution in [3.05, 3.63) is 36.0 Å². The molecule has 3 nitrogen and oxygen atoms in total. The lowest BCUT2D eigenvalue weighted by Gasteiger charge is -2.22. The highest BCUT2D eigenvalue weighted by Crippen LogP contribution is 2.33. The Balaban J connectivity index is 2.67. The molecule has 0 saturated heterocycles. The Morgan fingerprint density at radius 1 is 1.44 bits per heavy atom. The number of hydrogen-bond donors (Lipinski definition) is 2. The van der Waals surface area contributed by atoms with Crippen LogP contribution in [-0.4, -0.2) is 16.1 Å². The van der Waals surface area contributed by atoms with Gasteiger partial charge in [-0.05, 0) is 25.0 Å². The van der Waals surface area contributed by atoms with Crippen LogP contribution in [0.5, 0.6) is 0 Å². The fourth-order valence-electron chi connectivity index (χ4n) is 1.98. The largest absolute Gasteiger partial charge is 0.481 e. The molecule has 1 unspecified atom stereocenters. The third-order valence-corrected chi connectivity index (χ3v) is 3.36. The summed E-state index contributed by atoms with van der Waals surface area (Å²) in [5.41, 5.74) is 1.02. The van der Waals surface area contributed by atoms with E-state index in [0.29, 0.717) is 6.42 Å². The van der Waals surface area contributed by atoms with Gasteiger partial charge in [-0.25, -0.2) is 0 Å². The van der Waals surface area contributed by atoms with Gasteiger partial charge in [0.05, 0.1) is 5.41 Å². The first-order chi connectivity index (χ1) is 7.59. The Hall–Kier alpha value is -1.77. The van der Waals surface area contributed by atoms with Gasteiger partial charge < -0.3 is 10.1 Å². The predicted molar refractivity (Wildman–Crippen MR) is 63.6 cm³/mol. The Morgan fingerprint density at radius 2 is 2.12 bits per heavy atom. The molecule has 2 rings (SSSR count). The summed E-state index contributed by atoms with van der Waals surface area (Å²) in [6.07, 6.45) is 2.38. The molecule has 0 fully saturated rings. The lowest BCUT2D eigenvalue weighted by atomic mass is 9.80. The van der Waals surface area contributed by atoms with Gasteiger partial charge in [-0.3, -0.25) is 4.79 Å². The molecule has 16 heavy (non-hydrogen) atoms. The molecule has 0 saturated carbocycles. The number of benzene rings is 1. The molecule has 84 valence electrons. The summed E-state index contributed by atoms with van der Waals surface area (Å²) in [5, 5.41) is 10.3. The van der Waals surface area contributed by atoms with E-state index in [-0.39, 0.29) is 0 Å². The molecule has 2 aromatic rings. The number of rotatable bonds is 3. The van der Waals surface area contributed by atoms with Gasteiger partial charge in [0.15, 0.2) is 0 Å². The fraction of sp³-hybridized carbons (Fsp3) is 0.308. The van der Waals surface area contributed by atoms with Gasteiger partial charge in [0.2, 0.25) is 0 Å². The van der Waals surface area contributed by atoms with Gasteiger partial charge >= 0.3 is 5.97 Å². The predicted octanol–water partition coefficient (Wildman–Crippen LogP) is 2.92. The minimum atomic E-state index is -0.820. The summed E-state index contributed by atoms with van der Waals surface area (Å²) in [5.74, 6) is -0.778. The Bertz CT molecular complexity index is 529. The van der Waals surface area contributed by atoms with Gasteiger partial charge in [0.25, 0.3) is 0 Å². The van der Waals surface area contributed by atoms with E-state index in [1.165, 1.54) is 0 Å². The summed E-state index contributed by atoms with van der Waals surface area (Å²) >= 11 is 0. The number of carboxylic acid groups (broad SMARTS) is 1. The number of aromatic amines is 1. The van der Waals surface area contributed by atoms with E-state index >= 15 is 0 Å². The zero-order chi connectivity index (χ0) is 11.8. The number of aliphatic carboxylic acids is 1. The van der Waals surface area contributed by atoms with Crippen molar-refractivity contribution in [3.63, 3.8) is 0 Å². The summed E-state index contributed by atoms with van der Waals surface area (Å²) in [6.45, 7) is 3.67. The number of para-hydroxylation sites is 1. The quantitative estimate of drug-likeness (QED) is 0.830. The molecular formula is C13H15NO2. The van der Waals surface area contributed by atoms with E-state index in [4.69, 9.17) is 0 Å². The summed E-state index contributed by atoms with van der Waals surface area (Å²) in [7, 11) is 0. The highest BCUT2D eigenvalue weighted by atomic mass is 16.4. The molecule has 0 radical (unpaired) electrons. The molecule has 1 heterocycles. The van der Waals surface area contributed by atoms with Crippen LogP contribution in [0.3, 0.4) is 0 Å². The molecule has 0 bridgehead atoms. The Labute approximate surface area is 94.1 Å². The highest BCUT2D eigenvalue weighted by Gasteiger charge is 2.35. The number of nitrogens with one attached hydrogen (secondary N) is 1. The SMILES string of the molecule is CCC(C)(C(=O)O)c1c[nH]c2ccccc12. The molecule has 0 amide bonds. The molecule has 1 aromatic heterocycles. The highest BCUT2D eigenvalue weighted by molar-refractivity contribution is 5.91. The van der Waals surface area contributed by atoms with Crippen LogP contribution in [0.15, 0.2) is 30.5 Å². The van der Waals surface area contributed by atoms with Crippen LogP contribution in [0.4, 0.5) is 0 Å². The zero-order valence-electron chi connectivity index (χ0n) is 9.45. The summed E-state index contributed by atoms with van der Waals surface area (Å²) in [4.78, 5) is 14.5. The van der Waals surface area contributed by atoms with Crippen molar-refractivity contribution in [3.8, 4) is 0 Å². The first kappa shape index (κ1) is 10.7. The first-order valence-electron chi connectivity index (χ1n) is 5.39. The van der Waals surface area contributed by atoms with Crippen LogP contribution in [0.1, 0.15) is 25.8 Å². The van der Waals surface area contributed by atoms with Gasteiger partial charge in [-0.1, -0.05) is 25.1 Å². The van der Waals surface area contributed by atoms with Crippen LogP contribution in [-0.2, 0) is 10.2 Å². The number of H-pyrrole nitrogens is 1. The van der Waals surface area contributed by atoms with Crippen molar-refractivity contribution in [2.75, 3.05) is 0 Å². The van der Waals surface area contributed by atoms with Crippen molar-refractivity contribution in [2.45, 2.75) is 25.7 Å². The standard InChI is InChI=1S/C13H15NO2/c1-3-13(2,12(15)16)10-8-14-11-7-5-4-6-9(10)11/h4-8,14H,3H2,1-2H3,(H,15,16). The lowest BCUT2D eigenvalue weighted by molar-refractivity contribution is -0.143. The molecule has 0 aliphatic heterocycles. The third-order valence-electron chi connectivity index (χ3n) is 3.36. The first-order valence-corrected chi connectivity index (χ1v) is 5.39. The average Bonchev–Trinajstić information content (AvgIpc) is 2.72. The Morgan fingerprint density at radius 3 is 2.75 bits per heavy atom. The molecule has 0 spiro atoms. The van der Waals surface area contributed by atoms with Crippen LogP contribution in [0, 0.1) is 0 Å². The monoisotopic (exact) mass is 217 g/mol. The Kier molecular flexibility index (Phi) is 2.46. The molecule has 2 N–H and O–H groups in total. The smallest absolute Gasteiger partial charge is 0.313 e. The number of aromatic nitrogens is 1. The molecule has 1 atom stereocenters. The van der Waals surface area contributed by atoms with Crippen LogP contribution >= 0.6 is 0 Å². The van der Waals surface area contributed by atoms with Crippen molar-refractivity contribution in [1.29, 1.82) is 0 Å². The summed E-state index contributed by atoms with van der Waals surface area (Å²) < 4.78 is 0.